The van der Waals surface area contributed by atoms with Crippen LogP contribution in [0.1, 0.15) is 90.4 Å². The largest absolute Gasteiger partial charge is 0.338 e. The molecule has 0 unspecified atom stereocenters. The molecule has 3 aromatic rings. The number of para-hydroxylation sites is 2. The monoisotopic (exact) mass is 433 g/mol. The van der Waals surface area contributed by atoms with Gasteiger partial charge >= 0.3 is 0 Å². The van der Waals surface area contributed by atoms with E-state index in [4.69, 9.17) is 0 Å². The van der Waals surface area contributed by atoms with E-state index in [0.29, 0.717) is 6.42 Å². The Balaban J connectivity index is 1.26. The first-order valence-electron chi connectivity index (χ1n) is 12.6. The Morgan fingerprint density at radius 2 is 1.38 bits per heavy atom. The van der Waals surface area contributed by atoms with E-state index in [1.165, 1.54) is 64.2 Å². The van der Waals surface area contributed by atoms with Crippen molar-refractivity contribution >= 4 is 22.6 Å². The summed E-state index contributed by atoms with van der Waals surface area (Å²) in [5.41, 5.74) is 3.85. The smallest absolute Gasteiger partial charge is 0.224 e. The van der Waals surface area contributed by atoms with Crippen molar-refractivity contribution < 1.29 is 4.79 Å². The summed E-state index contributed by atoms with van der Waals surface area (Å²) in [4.78, 5) is 20.2. The van der Waals surface area contributed by atoms with Crippen LogP contribution in [0.4, 0.5) is 5.69 Å². The highest BCUT2D eigenvalue weighted by Gasteiger charge is 2.06. The minimum atomic E-state index is 0.105. The molecule has 2 aromatic carbocycles. The van der Waals surface area contributed by atoms with Crippen molar-refractivity contribution in [2.75, 3.05) is 5.32 Å². The van der Waals surface area contributed by atoms with Crippen LogP contribution in [0.25, 0.3) is 22.4 Å². The lowest BCUT2D eigenvalue weighted by Gasteiger charge is -2.06. The molecular weight excluding hydrogens is 394 g/mol. The Hall–Kier alpha value is -2.62. The van der Waals surface area contributed by atoms with Gasteiger partial charge in [-0.15, -0.1) is 0 Å². The van der Waals surface area contributed by atoms with Crippen molar-refractivity contribution in [1.29, 1.82) is 0 Å². The van der Waals surface area contributed by atoms with Gasteiger partial charge in [0.15, 0.2) is 0 Å². The Morgan fingerprint density at radius 1 is 0.781 bits per heavy atom. The topological polar surface area (TPSA) is 57.8 Å². The van der Waals surface area contributed by atoms with E-state index >= 15 is 0 Å². The SMILES string of the molecule is CCCCCCCCCCCCCCC(=O)Nc1ccc(-c2nc3ccccc3[nH]2)cc1. The maximum absolute atomic E-state index is 12.2. The molecule has 1 amide bonds. The molecule has 4 heteroatoms. The molecule has 0 saturated carbocycles. The van der Waals surface area contributed by atoms with Crippen molar-refractivity contribution in [1.82, 2.24) is 9.97 Å². The highest BCUT2D eigenvalue weighted by molar-refractivity contribution is 5.91. The van der Waals surface area contributed by atoms with Crippen LogP contribution < -0.4 is 5.32 Å². The Morgan fingerprint density at radius 3 is 2.00 bits per heavy atom. The van der Waals surface area contributed by atoms with Crippen LogP contribution in [0.15, 0.2) is 48.5 Å². The molecule has 32 heavy (non-hydrogen) atoms. The average Bonchev–Trinajstić information content (AvgIpc) is 3.24. The third-order valence-electron chi connectivity index (χ3n) is 6.09. The Labute approximate surface area is 193 Å². The van der Waals surface area contributed by atoms with Gasteiger partial charge in [-0.05, 0) is 42.8 Å². The summed E-state index contributed by atoms with van der Waals surface area (Å²) in [6, 6.07) is 15.9. The summed E-state index contributed by atoms with van der Waals surface area (Å²) < 4.78 is 0. The number of hydrogen-bond donors (Lipinski definition) is 2. The summed E-state index contributed by atoms with van der Waals surface area (Å²) >= 11 is 0. The second-order valence-corrected chi connectivity index (χ2v) is 8.87. The number of unbranched alkanes of at least 4 members (excludes halogenated alkanes) is 11. The number of carbonyl (C=O) groups excluding carboxylic acids is 1. The van der Waals surface area contributed by atoms with Gasteiger partial charge in [0.05, 0.1) is 11.0 Å². The van der Waals surface area contributed by atoms with Crippen molar-refractivity contribution in [2.24, 2.45) is 0 Å². The number of anilines is 1. The van der Waals surface area contributed by atoms with Crippen LogP contribution in [0, 0.1) is 0 Å². The molecule has 0 aliphatic rings. The summed E-state index contributed by atoms with van der Waals surface area (Å²) in [5.74, 6) is 0.953. The predicted molar refractivity (Wildman–Crippen MR) is 136 cm³/mol. The van der Waals surface area contributed by atoms with E-state index in [1.807, 2.05) is 48.5 Å². The van der Waals surface area contributed by atoms with Gasteiger partial charge in [0.25, 0.3) is 0 Å². The fraction of sp³-hybridized carbons (Fsp3) is 0.500. The number of benzene rings is 2. The first-order chi connectivity index (χ1) is 15.8. The van der Waals surface area contributed by atoms with E-state index in [9.17, 15) is 4.79 Å². The fourth-order valence-electron chi connectivity index (χ4n) is 4.15. The second-order valence-electron chi connectivity index (χ2n) is 8.87. The number of carbonyl (C=O) groups is 1. The number of H-pyrrole nitrogens is 1. The Bertz CT molecular complexity index is 896. The van der Waals surface area contributed by atoms with E-state index in [0.717, 1.165) is 41.0 Å². The summed E-state index contributed by atoms with van der Waals surface area (Å²) in [7, 11) is 0. The van der Waals surface area contributed by atoms with Crippen LogP contribution in [-0.2, 0) is 4.79 Å². The maximum Gasteiger partial charge on any atom is 0.224 e. The van der Waals surface area contributed by atoms with Gasteiger partial charge in [-0.2, -0.15) is 0 Å². The van der Waals surface area contributed by atoms with Crippen molar-refractivity contribution in [3.63, 3.8) is 0 Å². The van der Waals surface area contributed by atoms with Crippen LogP contribution in [0.3, 0.4) is 0 Å². The van der Waals surface area contributed by atoms with Crippen molar-refractivity contribution in [3.05, 3.63) is 48.5 Å². The summed E-state index contributed by atoms with van der Waals surface area (Å²) in [5, 5.41) is 3.02. The number of hydrogen-bond acceptors (Lipinski definition) is 2. The second kappa shape index (κ2) is 13.7. The number of rotatable bonds is 15. The predicted octanol–water partition coefficient (Wildman–Crippen LogP) is 8.26. The van der Waals surface area contributed by atoms with Gasteiger partial charge in [0.1, 0.15) is 5.82 Å². The van der Waals surface area contributed by atoms with Crippen LogP contribution >= 0.6 is 0 Å². The number of fused-ring (bicyclic) bond motifs is 1. The molecule has 0 saturated heterocycles. The number of aromatic amines is 1. The third-order valence-corrected chi connectivity index (χ3v) is 6.09. The van der Waals surface area contributed by atoms with E-state index in [1.54, 1.807) is 0 Å². The fourth-order valence-corrected chi connectivity index (χ4v) is 4.15. The zero-order valence-electron chi connectivity index (χ0n) is 19.7. The molecule has 2 N–H and O–H groups in total. The normalized spacial score (nSPS) is 11.2. The quantitative estimate of drug-likeness (QED) is 0.237. The molecular formula is C28H39N3O. The summed E-state index contributed by atoms with van der Waals surface area (Å²) in [6.07, 6.45) is 16.3. The van der Waals surface area contributed by atoms with E-state index in [-0.39, 0.29) is 5.91 Å². The van der Waals surface area contributed by atoms with Gasteiger partial charge in [-0.25, -0.2) is 4.98 Å². The molecule has 172 valence electrons. The highest BCUT2D eigenvalue weighted by Crippen LogP contribution is 2.22. The first kappa shape index (κ1) is 24.0. The maximum atomic E-state index is 12.2. The van der Waals surface area contributed by atoms with E-state index < -0.39 is 0 Å². The zero-order chi connectivity index (χ0) is 22.4. The molecule has 0 bridgehead atoms. The average molecular weight is 434 g/mol. The zero-order valence-corrected chi connectivity index (χ0v) is 19.7. The molecule has 0 aliphatic heterocycles. The van der Waals surface area contributed by atoms with Crippen LogP contribution in [0.5, 0.6) is 0 Å². The molecule has 0 fully saturated rings. The lowest BCUT2D eigenvalue weighted by Crippen LogP contribution is -2.10. The molecule has 0 atom stereocenters. The van der Waals surface area contributed by atoms with Gasteiger partial charge in [0.2, 0.25) is 5.91 Å². The van der Waals surface area contributed by atoms with Crippen LogP contribution in [0.2, 0.25) is 0 Å². The van der Waals surface area contributed by atoms with Gasteiger partial charge < -0.3 is 10.3 Å². The lowest BCUT2D eigenvalue weighted by atomic mass is 10.0. The van der Waals surface area contributed by atoms with Crippen molar-refractivity contribution in [2.45, 2.75) is 90.4 Å². The lowest BCUT2D eigenvalue weighted by molar-refractivity contribution is -0.116. The van der Waals surface area contributed by atoms with Crippen LogP contribution in [-0.4, -0.2) is 15.9 Å². The standard InChI is InChI=1S/C28H39N3O/c1-2-3-4-5-6-7-8-9-10-11-12-13-18-27(32)29-24-21-19-23(20-22-24)28-30-25-16-14-15-17-26(25)31-28/h14-17,19-22H,2-13,18H2,1H3,(H,29,32)(H,30,31). The highest BCUT2D eigenvalue weighted by atomic mass is 16.1. The van der Waals surface area contributed by atoms with Gasteiger partial charge in [0, 0.05) is 17.7 Å². The number of imidazole rings is 1. The molecule has 0 spiro atoms. The molecule has 4 nitrogen and oxygen atoms in total. The number of amides is 1. The van der Waals surface area contributed by atoms with Gasteiger partial charge in [-0.3, -0.25) is 4.79 Å². The first-order valence-corrected chi connectivity index (χ1v) is 12.6. The minimum Gasteiger partial charge on any atom is -0.338 e. The number of nitrogens with one attached hydrogen (secondary N) is 2. The van der Waals surface area contributed by atoms with Gasteiger partial charge in [-0.1, -0.05) is 89.7 Å². The Kier molecular flexibility index (Phi) is 10.3. The summed E-state index contributed by atoms with van der Waals surface area (Å²) in [6.45, 7) is 2.27. The molecule has 0 radical (unpaired) electrons. The molecule has 0 aliphatic carbocycles. The van der Waals surface area contributed by atoms with Crippen molar-refractivity contribution in [3.8, 4) is 11.4 Å². The third kappa shape index (κ3) is 8.14. The molecule has 1 aromatic heterocycles. The number of nitrogens with zero attached hydrogens (tertiary/aromatic N) is 1. The number of aromatic nitrogens is 2. The molecule has 3 rings (SSSR count). The molecule has 1 heterocycles. The minimum absolute atomic E-state index is 0.105. The van der Waals surface area contributed by atoms with E-state index in [2.05, 4.69) is 22.2 Å².